The van der Waals surface area contributed by atoms with Gasteiger partial charge in [0.1, 0.15) is 5.54 Å². The van der Waals surface area contributed by atoms with Crippen LogP contribution in [0.4, 0.5) is 0 Å². The van der Waals surface area contributed by atoms with E-state index in [9.17, 15) is 4.79 Å². The van der Waals surface area contributed by atoms with Gasteiger partial charge in [-0.15, -0.1) is 0 Å². The van der Waals surface area contributed by atoms with Crippen molar-refractivity contribution in [1.29, 1.82) is 0 Å². The molecule has 0 aliphatic carbocycles. The zero-order chi connectivity index (χ0) is 10.6. The minimum Gasteiger partial charge on any atom is -0.480 e. The van der Waals surface area contributed by atoms with Crippen LogP contribution < -0.4 is 0 Å². The third-order valence-corrected chi connectivity index (χ3v) is 2.49. The van der Waals surface area contributed by atoms with E-state index >= 15 is 0 Å². The fourth-order valence-corrected chi connectivity index (χ4v) is 0.963. The second-order valence-electron chi connectivity index (χ2n) is 4.03. The highest BCUT2D eigenvalue weighted by Gasteiger charge is 2.34. The Balaban J connectivity index is 4.34. The second-order valence-corrected chi connectivity index (χ2v) is 4.03. The molecule has 0 saturated heterocycles. The van der Waals surface area contributed by atoms with E-state index in [1.807, 2.05) is 19.0 Å². The van der Waals surface area contributed by atoms with E-state index in [-0.39, 0.29) is 0 Å². The summed E-state index contributed by atoms with van der Waals surface area (Å²) in [5.41, 5.74) is -0.760. The number of carboxylic acids is 1. The Hall–Kier alpha value is -0.610. The van der Waals surface area contributed by atoms with Gasteiger partial charge in [0.2, 0.25) is 0 Å². The summed E-state index contributed by atoms with van der Waals surface area (Å²) in [6.07, 6.45) is 0.627. The summed E-state index contributed by atoms with van der Waals surface area (Å²) in [6, 6.07) is 0. The van der Waals surface area contributed by atoms with Gasteiger partial charge in [0.05, 0.1) is 0 Å². The van der Waals surface area contributed by atoms with E-state index in [1.54, 1.807) is 25.9 Å². The quantitative estimate of drug-likeness (QED) is 0.676. The molecule has 1 atom stereocenters. The third kappa shape index (κ3) is 3.32. The first kappa shape index (κ1) is 12.4. The summed E-state index contributed by atoms with van der Waals surface area (Å²) in [4.78, 5) is 14.8. The van der Waals surface area contributed by atoms with Gasteiger partial charge in [0.15, 0.2) is 0 Å². The second kappa shape index (κ2) is 4.58. The molecular formula is C9H20N2O2. The number of carboxylic acid groups (broad SMARTS) is 1. The molecule has 0 saturated carbocycles. The van der Waals surface area contributed by atoms with Gasteiger partial charge in [-0.05, 0) is 48.1 Å². The summed E-state index contributed by atoms with van der Waals surface area (Å²) in [7, 11) is 7.48. The fraction of sp³-hybridized carbons (Fsp3) is 0.889. The molecule has 0 heterocycles. The largest absolute Gasteiger partial charge is 0.480 e. The lowest BCUT2D eigenvalue weighted by atomic mass is 9.96. The maximum Gasteiger partial charge on any atom is 0.323 e. The molecule has 0 radical (unpaired) electrons. The Morgan fingerprint density at radius 3 is 2.00 bits per heavy atom. The van der Waals surface area contributed by atoms with Gasteiger partial charge >= 0.3 is 5.97 Å². The van der Waals surface area contributed by atoms with Gasteiger partial charge in [0.25, 0.3) is 0 Å². The van der Waals surface area contributed by atoms with Crippen LogP contribution in [0.15, 0.2) is 0 Å². The highest BCUT2D eigenvalue weighted by Crippen LogP contribution is 2.16. The van der Waals surface area contributed by atoms with Crippen LogP contribution in [-0.4, -0.2) is 61.2 Å². The molecule has 0 aliphatic heterocycles. The molecule has 0 aromatic heterocycles. The average molecular weight is 188 g/mol. The van der Waals surface area contributed by atoms with Crippen LogP contribution in [0, 0.1) is 0 Å². The van der Waals surface area contributed by atoms with Crippen LogP contribution in [0.5, 0.6) is 0 Å². The molecule has 1 unspecified atom stereocenters. The number of rotatable bonds is 5. The van der Waals surface area contributed by atoms with Crippen molar-refractivity contribution in [2.75, 3.05) is 34.7 Å². The van der Waals surface area contributed by atoms with Gasteiger partial charge < -0.3 is 10.0 Å². The maximum absolute atomic E-state index is 11.0. The van der Waals surface area contributed by atoms with Crippen molar-refractivity contribution in [3.63, 3.8) is 0 Å². The average Bonchev–Trinajstić information content (AvgIpc) is 1.99. The Bertz CT molecular complexity index is 180. The summed E-state index contributed by atoms with van der Waals surface area (Å²) in [6.45, 7) is 2.53. The van der Waals surface area contributed by atoms with Crippen LogP contribution in [-0.2, 0) is 4.79 Å². The van der Waals surface area contributed by atoms with Crippen molar-refractivity contribution in [1.82, 2.24) is 9.80 Å². The Morgan fingerprint density at radius 1 is 1.31 bits per heavy atom. The van der Waals surface area contributed by atoms with Gasteiger partial charge in [-0.25, -0.2) is 0 Å². The monoisotopic (exact) mass is 188 g/mol. The molecule has 1 N–H and O–H groups in total. The van der Waals surface area contributed by atoms with Gasteiger partial charge in [-0.3, -0.25) is 9.69 Å². The molecule has 0 rings (SSSR count). The standard InChI is InChI=1S/C9H20N2O2/c1-9(8(12)13,11(4)5)6-7-10(2)3/h6-7H2,1-5H3,(H,12,13). The van der Waals surface area contributed by atoms with E-state index in [1.165, 1.54) is 0 Å². The zero-order valence-corrected chi connectivity index (χ0v) is 9.16. The molecule has 0 bridgehead atoms. The molecular weight excluding hydrogens is 168 g/mol. The Morgan fingerprint density at radius 2 is 1.77 bits per heavy atom. The fourth-order valence-electron chi connectivity index (χ4n) is 0.963. The van der Waals surface area contributed by atoms with Crippen LogP contribution in [0.3, 0.4) is 0 Å². The number of nitrogens with zero attached hydrogens (tertiary/aromatic N) is 2. The van der Waals surface area contributed by atoms with Gasteiger partial charge in [0, 0.05) is 0 Å². The van der Waals surface area contributed by atoms with Gasteiger partial charge in [-0.2, -0.15) is 0 Å². The molecule has 4 nitrogen and oxygen atoms in total. The number of hydrogen-bond acceptors (Lipinski definition) is 3. The van der Waals surface area contributed by atoms with Crippen molar-refractivity contribution >= 4 is 5.97 Å². The van der Waals surface area contributed by atoms with Crippen molar-refractivity contribution in [3.8, 4) is 0 Å². The van der Waals surface area contributed by atoms with Crippen molar-refractivity contribution in [2.45, 2.75) is 18.9 Å². The molecule has 0 aromatic carbocycles. The molecule has 4 heteroatoms. The van der Waals surface area contributed by atoms with Crippen LogP contribution >= 0.6 is 0 Å². The summed E-state index contributed by atoms with van der Waals surface area (Å²) >= 11 is 0. The molecule has 0 fully saturated rings. The van der Waals surface area contributed by atoms with Crippen molar-refractivity contribution in [3.05, 3.63) is 0 Å². The first-order valence-electron chi connectivity index (χ1n) is 4.36. The van der Waals surface area contributed by atoms with Crippen LogP contribution in [0.2, 0.25) is 0 Å². The highest BCUT2D eigenvalue weighted by atomic mass is 16.4. The van der Waals surface area contributed by atoms with E-state index in [2.05, 4.69) is 0 Å². The minimum absolute atomic E-state index is 0.627. The molecule has 78 valence electrons. The molecule has 0 spiro atoms. The third-order valence-electron chi connectivity index (χ3n) is 2.49. The number of aliphatic carboxylic acids is 1. The van der Waals surface area contributed by atoms with E-state index < -0.39 is 11.5 Å². The first-order valence-corrected chi connectivity index (χ1v) is 4.36. The van der Waals surface area contributed by atoms with Crippen molar-refractivity contribution in [2.24, 2.45) is 0 Å². The van der Waals surface area contributed by atoms with E-state index in [4.69, 9.17) is 5.11 Å². The first-order chi connectivity index (χ1) is 5.80. The van der Waals surface area contributed by atoms with Crippen molar-refractivity contribution < 1.29 is 9.90 Å². The van der Waals surface area contributed by atoms with E-state index in [0.717, 1.165) is 6.54 Å². The maximum atomic E-state index is 11.0. The topological polar surface area (TPSA) is 43.8 Å². The molecule has 13 heavy (non-hydrogen) atoms. The lowest BCUT2D eigenvalue weighted by Crippen LogP contribution is -2.50. The Kier molecular flexibility index (Phi) is 4.36. The Labute approximate surface area is 80.1 Å². The lowest BCUT2D eigenvalue weighted by molar-refractivity contribution is -0.149. The number of likely N-dealkylation sites (N-methyl/N-ethyl adjacent to an activating group) is 1. The predicted octanol–water partition coefficient (Wildman–Crippen LogP) is 0.343. The smallest absolute Gasteiger partial charge is 0.323 e. The van der Waals surface area contributed by atoms with Gasteiger partial charge in [-0.1, -0.05) is 0 Å². The summed E-state index contributed by atoms with van der Waals surface area (Å²) in [5, 5.41) is 9.06. The molecule has 0 aromatic rings. The van der Waals surface area contributed by atoms with Crippen LogP contribution in [0.25, 0.3) is 0 Å². The molecule has 0 amide bonds. The SMILES string of the molecule is CN(C)CCC(C)(C(=O)O)N(C)C. The predicted molar refractivity (Wildman–Crippen MR) is 52.9 cm³/mol. The number of hydrogen-bond donors (Lipinski definition) is 1. The summed E-state index contributed by atoms with van der Waals surface area (Å²) in [5.74, 6) is -0.764. The number of carbonyl (C=O) groups is 1. The normalized spacial score (nSPS) is 16.2. The zero-order valence-electron chi connectivity index (χ0n) is 9.16. The lowest BCUT2D eigenvalue weighted by Gasteiger charge is -2.32. The molecule has 0 aliphatic rings. The minimum atomic E-state index is -0.764. The van der Waals surface area contributed by atoms with E-state index in [0.29, 0.717) is 6.42 Å². The summed E-state index contributed by atoms with van der Waals surface area (Å²) < 4.78 is 0. The highest BCUT2D eigenvalue weighted by molar-refractivity contribution is 5.78. The van der Waals surface area contributed by atoms with Crippen LogP contribution in [0.1, 0.15) is 13.3 Å².